The molecule has 0 aromatic carbocycles. The number of carbonyl (C=O) groups is 1. The molecule has 0 aromatic rings. The fraction of sp³-hybridized carbons (Fsp3) is 0.947. The van der Waals surface area contributed by atoms with Crippen molar-refractivity contribution in [1.82, 2.24) is 15.1 Å². The summed E-state index contributed by atoms with van der Waals surface area (Å²) in [6, 6.07) is 0. The van der Waals surface area contributed by atoms with E-state index in [1.54, 1.807) is 0 Å². The van der Waals surface area contributed by atoms with Gasteiger partial charge in [0.05, 0.1) is 25.9 Å². The van der Waals surface area contributed by atoms with E-state index >= 15 is 0 Å². The maximum atomic E-state index is 12.0. The van der Waals surface area contributed by atoms with E-state index in [2.05, 4.69) is 15.1 Å². The van der Waals surface area contributed by atoms with Crippen LogP contribution >= 0.6 is 0 Å². The summed E-state index contributed by atoms with van der Waals surface area (Å²) in [6.45, 7) is 13.3. The molecule has 6 heteroatoms. The predicted octanol–water partition coefficient (Wildman–Crippen LogP) is 1.35. The molecule has 0 unspecified atom stereocenters. The highest BCUT2D eigenvalue weighted by atomic mass is 16.5. The third-order valence-electron chi connectivity index (χ3n) is 5.13. The topological polar surface area (TPSA) is 54.0 Å². The van der Waals surface area contributed by atoms with Crippen LogP contribution in [0.1, 0.15) is 39.5 Å². The molecule has 2 aliphatic heterocycles. The number of morpholine rings is 1. The van der Waals surface area contributed by atoms with Crippen LogP contribution in [-0.2, 0) is 14.3 Å². The Labute approximate surface area is 153 Å². The van der Waals surface area contributed by atoms with Crippen LogP contribution in [0.3, 0.4) is 0 Å². The van der Waals surface area contributed by atoms with Gasteiger partial charge in [0.25, 0.3) is 0 Å². The molecule has 25 heavy (non-hydrogen) atoms. The standard InChI is InChI=1S/C19H37N3O3/c1-17(2)25-13-3-7-20-19(23)16-22-9-5-18(6-10-22)4-8-21-11-14-24-15-12-21/h17-18H,3-16H2,1-2H3,(H,20,23). The zero-order valence-electron chi connectivity index (χ0n) is 16.2. The molecule has 0 aromatic heterocycles. The zero-order valence-corrected chi connectivity index (χ0v) is 16.2. The second-order valence-corrected chi connectivity index (χ2v) is 7.59. The number of ether oxygens (including phenoxy) is 2. The molecule has 1 amide bonds. The average molecular weight is 356 g/mol. The van der Waals surface area contributed by atoms with Gasteiger partial charge in [0.1, 0.15) is 0 Å². The maximum Gasteiger partial charge on any atom is 0.234 e. The van der Waals surface area contributed by atoms with Gasteiger partial charge in [-0.3, -0.25) is 14.6 Å². The van der Waals surface area contributed by atoms with Crippen molar-refractivity contribution in [2.24, 2.45) is 5.92 Å². The largest absolute Gasteiger partial charge is 0.379 e. The highest BCUT2D eigenvalue weighted by Crippen LogP contribution is 2.20. The first kappa shape index (κ1) is 20.6. The highest BCUT2D eigenvalue weighted by Gasteiger charge is 2.21. The normalized spacial score (nSPS) is 20.9. The van der Waals surface area contributed by atoms with Crippen LogP contribution in [0.25, 0.3) is 0 Å². The molecule has 0 aliphatic carbocycles. The van der Waals surface area contributed by atoms with Crippen molar-refractivity contribution in [1.29, 1.82) is 0 Å². The lowest BCUT2D eigenvalue weighted by molar-refractivity contribution is -0.122. The van der Waals surface area contributed by atoms with E-state index in [0.29, 0.717) is 19.7 Å². The molecule has 2 saturated heterocycles. The molecule has 6 nitrogen and oxygen atoms in total. The molecule has 2 heterocycles. The Morgan fingerprint density at radius 3 is 2.56 bits per heavy atom. The second-order valence-electron chi connectivity index (χ2n) is 7.59. The Morgan fingerprint density at radius 2 is 1.88 bits per heavy atom. The number of piperidine rings is 1. The van der Waals surface area contributed by atoms with Crippen molar-refractivity contribution in [3.63, 3.8) is 0 Å². The number of carbonyl (C=O) groups excluding carboxylic acids is 1. The van der Waals surface area contributed by atoms with E-state index in [1.807, 2.05) is 13.8 Å². The molecule has 0 saturated carbocycles. The van der Waals surface area contributed by atoms with E-state index in [-0.39, 0.29) is 12.0 Å². The second kappa shape index (κ2) is 11.8. The Bertz CT molecular complexity index is 365. The van der Waals surface area contributed by atoms with Crippen LogP contribution < -0.4 is 5.32 Å². The van der Waals surface area contributed by atoms with Gasteiger partial charge >= 0.3 is 0 Å². The number of nitrogens with one attached hydrogen (secondary N) is 1. The Kier molecular flexibility index (Phi) is 9.76. The van der Waals surface area contributed by atoms with Gasteiger partial charge in [-0.25, -0.2) is 0 Å². The molecular formula is C19H37N3O3. The van der Waals surface area contributed by atoms with E-state index < -0.39 is 0 Å². The minimum Gasteiger partial charge on any atom is -0.379 e. The van der Waals surface area contributed by atoms with Gasteiger partial charge in [-0.2, -0.15) is 0 Å². The maximum absolute atomic E-state index is 12.0. The Hall–Kier alpha value is -0.690. The average Bonchev–Trinajstić information content (AvgIpc) is 2.61. The van der Waals surface area contributed by atoms with Crippen molar-refractivity contribution < 1.29 is 14.3 Å². The lowest BCUT2D eigenvalue weighted by Gasteiger charge is -2.33. The summed E-state index contributed by atoms with van der Waals surface area (Å²) in [6.07, 6.45) is 4.88. The van der Waals surface area contributed by atoms with Gasteiger partial charge < -0.3 is 14.8 Å². The van der Waals surface area contributed by atoms with Crippen LogP contribution in [-0.4, -0.2) is 87.4 Å². The molecule has 2 rings (SSSR count). The molecule has 146 valence electrons. The summed E-state index contributed by atoms with van der Waals surface area (Å²) in [5.74, 6) is 0.964. The van der Waals surface area contributed by atoms with E-state index in [0.717, 1.165) is 51.7 Å². The van der Waals surface area contributed by atoms with Crippen LogP contribution in [0.15, 0.2) is 0 Å². The summed E-state index contributed by atoms with van der Waals surface area (Å²) in [4.78, 5) is 16.8. The predicted molar refractivity (Wildman–Crippen MR) is 99.8 cm³/mol. The van der Waals surface area contributed by atoms with Gasteiger partial charge in [-0.05, 0) is 65.1 Å². The van der Waals surface area contributed by atoms with Crippen LogP contribution in [0.4, 0.5) is 0 Å². The summed E-state index contributed by atoms with van der Waals surface area (Å²) in [5, 5.41) is 3.00. The summed E-state index contributed by atoms with van der Waals surface area (Å²) >= 11 is 0. The Morgan fingerprint density at radius 1 is 1.16 bits per heavy atom. The fourth-order valence-electron chi connectivity index (χ4n) is 3.50. The zero-order chi connectivity index (χ0) is 17.9. The number of amides is 1. The number of rotatable bonds is 10. The minimum absolute atomic E-state index is 0.149. The fourth-order valence-corrected chi connectivity index (χ4v) is 3.50. The van der Waals surface area contributed by atoms with Gasteiger partial charge in [-0.15, -0.1) is 0 Å². The van der Waals surface area contributed by atoms with Gasteiger partial charge in [0.2, 0.25) is 5.91 Å². The molecular weight excluding hydrogens is 318 g/mol. The lowest BCUT2D eigenvalue weighted by Crippen LogP contribution is -2.42. The van der Waals surface area contributed by atoms with E-state index in [9.17, 15) is 4.79 Å². The van der Waals surface area contributed by atoms with Crippen molar-refractivity contribution >= 4 is 5.91 Å². The molecule has 2 fully saturated rings. The molecule has 0 radical (unpaired) electrons. The highest BCUT2D eigenvalue weighted by molar-refractivity contribution is 5.77. The first-order chi connectivity index (χ1) is 12.1. The Balaban J connectivity index is 1.49. The smallest absolute Gasteiger partial charge is 0.234 e. The van der Waals surface area contributed by atoms with Crippen LogP contribution in [0, 0.1) is 5.92 Å². The van der Waals surface area contributed by atoms with E-state index in [4.69, 9.17) is 9.47 Å². The lowest BCUT2D eigenvalue weighted by atomic mass is 9.93. The third-order valence-corrected chi connectivity index (χ3v) is 5.13. The van der Waals surface area contributed by atoms with E-state index in [1.165, 1.54) is 25.8 Å². The minimum atomic E-state index is 0.149. The monoisotopic (exact) mass is 355 g/mol. The molecule has 0 bridgehead atoms. The number of hydrogen-bond acceptors (Lipinski definition) is 5. The quantitative estimate of drug-likeness (QED) is 0.600. The summed E-state index contributed by atoms with van der Waals surface area (Å²) < 4.78 is 10.9. The van der Waals surface area contributed by atoms with Crippen molar-refractivity contribution in [2.75, 3.05) is 65.6 Å². The van der Waals surface area contributed by atoms with Gasteiger partial charge in [0, 0.05) is 26.2 Å². The number of hydrogen-bond donors (Lipinski definition) is 1. The van der Waals surface area contributed by atoms with Gasteiger partial charge in [-0.1, -0.05) is 0 Å². The molecule has 2 aliphatic rings. The number of likely N-dealkylation sites (tertiary alicyclic amines) is 1. The SMILES string of the molecule is CC(C)OCCCNC(=O)CN1CCC(CCN2CCOCC2)CC1. The van der Waals surface area contributed by atoms with Gasteiger partial charge in [0.15, 0.2) is 0 Å². The number of nitrogens with zero attached hydrogens (tertiary/aromatic N) is 2. The third kappa shape index (κ3) is 8.99. The van der Waals surface area contributed by atoms with Crippen LogP contribution in [0.2, 0.25) is 0 Å². The summed E-state index contributed by atoms with van der Waals surface area (Å²) in [5.41, 5.74) is 0. The first-order valence-electron chi connectivity index (χ1n) is 10.0. The molecule has 0 spiro atoms. The van der Waals surface area contributed by atoms with Crippen LogP contribution in [0.5, 0.6) is 0 Å². The molecule has 0 atom stereocenters. The van der Waals surface area contributed by atoms with Crippen molar-refractivity contribution in [3.05, 3.63) is 0 Å². The van der Waals surface area contributed by atoms with Crippen molar-refractivity contribution in [2.45, 2.75) is 45.6 Å². The summed E-state index contributed by atoms with van der Waals surface area (Å²) in [7, 11) is 0. The first-order valence-corrected chi connectivity index (χ1v) is 10.0. The molecule has 1 N–H and O–H groups in total. The van der Waals surface area contributed by atoms with Crippen molar-refractivity contribution in [3.8, 4) is 0 Å².